The van der Waals surface area contributed by atoms with E-state index in [-0.39, 0.29) is 5.91 Å². The molecule has 1 aromatic carbocycles. The van der Waals surface area contributed by atoms with E-state index in [9.17, 15) is 4.79 Å². The van der Waals surface area contributed by atoms with Crippen LogP contribution in [-0.4, -0.2) is 20.4 Å². The quantitative estimate of drug-likeness (QED) is 0.628. The molecule has 3 aromatic rings. The molecule has 0 radical (unpaired) electrons. The molecule has 0 aliphatic heterocycles. The molecule has 0 bridgehead atoms. The summed E-state index contributed by atoms with van der Waals surface area (Å²) in [5, 5.41) is 0. The monoisotopic (exact) mass is 321 g/mol. The van der Waals surface area contributed by atoms with Gasteiger partial charge >= 0.3 is 0 Å². The summed E-state index contributed by atoms with van der Waals surface area (Å²) in [7, 11) is 0. The molecule has 1 amide bonds. The highest BCUT2D eigenvalue weighted by molar-refractivity contribution is 5.86. The Labute approximate surface area is 140 Å². The molecule has 0 unspecified atom stereocenters. The van der Waals surface area contributed by atoms with Crippen molar-refractivity contribution in [2.24, 2.45) is 0 Å². The van der Waals surface area contributed by atoms with E-state index in [2.05, 4.69) is 34.5 Å². The molecular weight excluding hydrogens is 302 g/mol. The molecule has 5 heteroatoms. The summed E-state index contributed by atoms with van der Waals surface area (Å²) in [5.74, 6) is -0.131. The fraction of sp³-hybridized carbons (Fsp3) is 0.158. The van der Waals surface area contributed by atoms with Gasteiger partial charge in [0, 0.05) is 25.5 Å². The van der Waals surface area contributed by atoms with Crippen LogP contribution in [0, 0.1) is 0 Å². The normalized spacial score (nSPS) is 10.5. The van der Waals surface area contributed by atoms with E-state index in [1.54, 1.807) is 11.2 Å². The number of rotatable bonds is 7. The van der Waals surface area contributed by atoms with Crippen molar-refractivity contribution < 1.29 is 9.21 Å². The van der Waals surface area contributed by atoms with Crippen molar-refractivity contribution in [1.29, 1.82) is 0 Å². The molecular formula is C19H19N3O2. The average molecular weight is 321 g/mol. The van der Waals surface area contributed by atoms with Crippen LogP contribution in [0.5, 0.6) is 0 Å². The molecule has 0 saturated heterocycles. The van der Waals surface area contributed by atoms with E-state index in [1.165, 1.54) is 18.0 Å². The maximum absolute atomic E-state index is 12.1. The predicted octanol–water partition coefficient (Wildman–Crippen LogP) is 3.24. The highest BCUT2D eigenvalue weighted by atomic mass is 16.3. The van der Waals surface area contributed by atoms with Crippen LogP contribution in [0.15, 0.2) is 78.5 Å². The van der Waals surface area contributed by atoms with Gasteiger partial charge < -0.3 is 13.9 Å². The zero-order chi connectivity index (χ0) is 16.8. The highest BCUT2D eigenvalue weighted by Gasteiger charge is 2.14. The molecule has 122 valence electrons. The fourth-order valence-corrected chi connectivity index (χ4v) is 2.55. The Hall–Kier alpha value is -3.08. The highest BCUT2D eigenvalue weighted by Crippen LogP contribution is 2.12. The summed E-state index contributed by atoms with van der Waals surface area (Å²) in [6.45, 7) is 5.27. The molecule has 0 atom stereocenters. The Bertz CT molecular complexity index is 791. The molecule has 0 aliphatic rings. The van der Waals surface area contributed by atoms with Crippen molar-refractivity contribution in [3.05, 3.63) is 90.9 Å². The van der Waals surface area contributed by atoms with Gasteiger partial charge in [-0.05, 0) is 23.3 Å². The number of amides is 1. The molecule has 0 fully saturated rings. The summed E-state index contributed by atoms with van der Waals surface area (Å²) in [5.41, 5.74) is 3.01. The fourth-order valence-electron chi connectivity index (χ4n) is 2.55. The number of hydrogen-bond donors (Lipinski definition) is 0. The van der Waals surface area contributed by atoms with Crippen molar-refractivity contribution in [3.8, 4) is 0 Å². The van der Waals surface area contributed by atoms with E-state index in [1.807, 2.05) is 30.5 Å². The first-order valence-electron chi connectivity index (χ1n) is 7.71. The van der Waals surface area contributed by atoms with Crippen LogP contribution in [-0.2, 0) is 24.4 Å². The average Bonchev–Trinajstić information content (AvgIpc) is 3.27. The Morgan fingerprint density at radius 2 is 2.04 bits per heavy atom. The minimum atomic E-state index is -0.131. The lowest BCUT2D eigenvalue weighted by Crippen LogP contribution is -2.28. The van der Waals surface area contributed by atoms with E-state index < -0.39 is 0 Å². The molecule has 0 N–H and O–H groups in total. The minimum absolute atomic E-state index is 0.131. The van der Waals surface area contributed by atoms with Crippen LogP contribution in [0.3, 0.4) is 0 Å². The van der Waals surface area contributed by atoms with Gasteiger partial charge in [-0.25, -0.2) is 4.98 Å². The number of aromatic nitrogens is 2. The summed E-state index contributed by atoms with van der Waals surface area (Å²) in [6.07, 6.45) is 8.31. The van der Waals surface area contributed by atoms with Gasteiger partial charge in [-0.2, -0.15) is 0 Å². The van der Waals surface area contributed by atoms with E-state index in [4.69, 9.17) is 4.42 Å². The predicted molar refractivity (Wildman–Crippen MR) is 90.9 cm³/mol. The summed E-state index contributed by atoms with van der Waals surface area (Å²) >= 11 is 0. The van der Waals surface area contributed by atoms with E-state index >= 15 is 0 Å². The van der Waals surface area contributed by atoms with E-state index in [0.29, 0.717) is 18.8 Å². The third-order valence-corrected chi connectivity index (χ3v) is 3.72. The van der Waals surface area contributed by atoms with Gasteiger partial charge in [-0.15, -0.1) is 0 Å². The number of benzene rings is 1. The number of hydrogen-bond acceptors (Lipinski definition) is 3. The van der Waals surface area contributed by atoms with Gasteiger partial charge in [0.05, 0.1) is 12.2 Å². The number of carbonyl (C=O) groups is 1. The second-order valence-corrected chi connectivity index (χ2v) is 5.56. The Morgan fingerprint density at radius 3 is 2.75 bits per heavy atom. The lowest BCUT2D eigenvalue weighted by Gasteiger charge is -2.19. The smallest absolute Gasteiger partial charge is 0.246 e. The lowest BCUT2D eigenvalue weighted by atomic mass is 10.2. The second kappa shape index (κ2) is 7.46. The maximum atomic E-state index is 12.1. The van der Waals surface area contributed by atoms with Gasteiger partial charge in [-0.1, -0.05) is 36.9 Å². The lowest BCUT2D eigenvalue weighted by molar-refractivity contribution is -0.127. The topological polar surface area (TPSA) is 51.3 Å². The van der Waals surface area contributed by atoms with Crippen molar-refractivity contribution in [1.82, 2.24) is 14.5 Å². The second-order valence-electron chi connectivity index (χ2n) is 5.56. The first-order chi connectivity index (χ1) is 11.7. The van der Waals surface area contributed by atoms with Crippen LogP contribution < -0.4 is 0 Å². The minimum Gasteiger partial charge on any atom is -0.451 e. The molecule has 2 heterocycles. The van der Waals surface area contributed by atoms with Crippen molar-refractivity contribution >= 4 is 5.91 Å². The summed E-state index contributed by atoms with van der Waals surface area (Å²) in [4.78, 5) is 17.8. The SMILES string of the molecule is C=CC(=O)N(Cc1ccn(Cc2ccccc2)c1)Cc1cocn1. The zero-order valence-corrected chi connectivity index (χ0v) is 13.3. The number of nitrogens with zero attached hydrogens (tertiary/aromatic N) is 3. The number of oxazole rings is 1. The molecule has 0 spiro atoms. The molecule has 0 aliphatic carbocycles. The van der Waals surface area contributed by atoms with Crippen molar-refractivity contribution in [2.75, 3.05) is 0 Å². The van der Waals surface area contributed by atoms with E-state index in [0.717, 1.165) is 12.1 Å². The third-order valence-electron chi connectivity index (χ3n) is 3.72. The van der Waals surface area contributed by atoms with Gasteiger partial charge in [0.15, 0.2) is 6.39 Å². The summed E-state index contributed by atoms with van der Waals surface area (Å²) in [6, 6.07) is 12.3. The van der Waals surface area contributed by atoms with Crippen molar-refractivity contribution in [3.63, 3.8) is 0 Å². The number of carbonyl (C=O) groups excluding carboxylic acids is 1. The molecule has 24 heavy (non-hydrogen) atoms. The van der Waals surface area contributed by atoms with Gasteiger partial charge in [0.2, 0.25) is 5.91 Å². The van der Waals surface area contributed by atoms with Crippen LogP contribution in [0.4, 0.5) is 0 Å². The van der Waals surface area contributed by atoms with Crippen LogP contribution in [0.2, 0.25) is 0 Å². The Balaban J connectivity index is 1.68. The maximum Gasteiger partial charge on any atom is 0.246 e. The van der Waals surface area contributed by atoms with Crippen LogP contribution in [0.25, 0.3) is 0 Å². The molecule has 0 saturated carbocycles. The van der Waals surface area contributed by atoms with Crippen LogP contribution in [0.1, 0.15) is 16.8 Å². The first-order valence-corrected chi connectivity index (χ1v) is 7.71. The van der Waals surface area contributed by atoms with Crippen LogP contribution >= 0.6 is 0 Å². The van der Waals surface area contributed by atoms with Gasteiger partial charge in [0.25, 0.3) is 0 Å². The van der Waals surface area contributed by atoms with Gasteiger partial charge in [0.1, 0.15) is 6.26 Å². The first kappa shape index (κ1) is 15.8. The van der Waals surface area contributed by atoms with Gasteiger partial charge in [-0.3, -0.25) is 4.79 Å². The Morgan fingerprint density at radius 1 is 1.21 bits per heavy atom. The molecule has 2 aromatic heterocycles. The summed E-state index contributed by atoms with van der Waals surface area (Å²) < 4.78 is 7.08. The molecule has 3 rings (SSSR count). The third kappa shape index (κ3) is 4.01. The standard InChI is InChI=1S/C19H19N3O2/c1-2-19(23)22(13-18-14-24-15-20-18)12-17-8-9-21(11-17)10-16-6-4-3-5-7-16/h2-9,11,14-15H,1,10,12-13H2. The largest absolute Gasteiger partial charge is 0.451 e. The van der Waals surface area contributed by atoms with Crippen molar-refractivity contribution in [2.45, 2.75) is 19.6 Å². The zero-order valence-electron chi connectivity index (χ0n) is 13.3. The Kier molecular flexibility index (Phi) is 4.91. The molecule has 5 nitrogen and oxygen atoms in total.